The first kappa shape index (κ1) is 22.6. The summed E-state index contributed by atoms with van der Waals surface area (Å²) in [5.41, 5.74) is 8.83. The van der Waals surface area contributed by atoms with Crippen molar-refractivity contribution in [1.82, 2.24) is 0 Å². The highest BCUT2D eigenvalue weighted by Crippen LogP contribution is 2.23. The fourth-order valence-corrected chi connectivity index (χ4v) is 2.93. The molecule has 0 aromatic heterocycles. The van der Waals surface area contributed by atoms with Gasteiger partial charge in [-0.15, -0.1) is 0 Å². The van der Waals surface area contributed by atoms with E-state index < -0.39 is 5.97 Å². The quantitative estimate of drug-likeness (QED) is 0.294. The zero-order chi connectivity index (χ0) is 21.2. The molecule has 0 unspecified atom stereocenters. The number of hydrogen-bond acceptors (Lipinski definition) is 7. The van der Waals surface area contributed by atoms with E-state index in [2.05, 4.69) is 5.16 Å². The van der Waals surface area contributed by atoms with E-state index in [4.69, 9.17) is 37.2 Å². The molecular formula is C20H22ClN3O4S. The van der Waals surface area contributed by atoms with Crippen LogP contribution in [0.3, 0.4) is 0 Å². The van der Waals surface area contributed by atoms with Crippen molar-refractivity contribution < 1.29 is 19.5 Å². The highest BCUT2D eigenvalue weighted by molar-refractivity contribution is 8.01. The summed E-state index contributed by atoms with van der Waals surface area (Å²) < 4.78 is 5.79. The van der Waals surface area contributed by atoms with Crippen LogP contribution in [0.1, 0.15) is 24.0 Å². The van der Waals surface area contributed by atoms with Gasteiger partial charge >= 0.3 is 5.97 Å². The van der Waals surface area contributed by atoms with Crippen LogP contribution in [0, 0.1) is 0 Å². The minimum atomic E-state index is -0.898. The number of nitrogens with two attached hydrogens (primary N) is 2. The van der Waals surface area contributed by atoms with E-state index in [1.54, 1.807) is 36.4 Å². The SMILES string of the molecule is CO/N=C(/CCC(=O)O)c1ccc(OC/C(SN)=C(/N)c2ccc(Cl)cc2)cc1. The van der Waals surface area contributed by atoms with Gasteiger partial charge in [-0.25, -0.2) is 0 Å². The van der Waals surface area contributed by atoms with Crippen molar-refractivity contribution >= 4 is 40.9 Å². The first-order valence-electron chi connectivity index (χ1n) is 8.61. The lowest BCUT2D eigenvalue weighted by molar-refractivity contribution is -0.136. The summed E-state index contributed by atoms with van der Waals surface area (Å²) in [4.78, 5) is 16.3. The van der Waals surface area contributed by atoms with Gasteiger partial charge in [-0.2, -0.15) is 0 Å². The van der Waals surface area contributed by atoms with Crippen molar-refractivity contribution in [3.05, 3.63) is 69.6 Å². The molecule has 0 atom stereocenters. The van der Waals surface area contributed by atoms with Crippen molar-refractivity contribution in [2.24, 2.45) is 16.0 Å². The number of carbonyl (C=O) groups is 1. The molecule has 0 saturated heterocycles. The van der Waals surface area contributed by atoms with Gasteiger partial charge in [-0.1, -0.05) is 28.9 Å². The van der Waals surface area contributed by atoms with Crippen LogP contribution in [-0.4, -0.2) is 30.5 Å². The third kappa shape index (κ3) is 7.01. The summed E-state index contributed by atoms with van der Waals surface area (Å²) in [5, 5.41) is 19.1. The van der Waals surface area contributed by atoms with E-state index in [0.29, 0.717) is 27.1 Å². The molecule has 0 aliphatic carbocycles. The summed E-state index contributed by atoms with van der Waals surface area (Å²) in [7, 11) is 1.42. The summed E-state index contributed by atoms with van der Waals surface area (Å²) in [6.07, 6.45) is 0.226. The van der Waals surface area contributed by atoms with Gasteiger partial charge in [0.25, 0.3) is 0 Å². The summed E-state index contributed by atoms with van der Waals surface area (Å²) >= 11 is 6.93. The number of halogens is 1. The lowest BCUT2D eigenvalue weighted by Gasteiger charge is -2.12. The third-order valence-corrected chi connectivity index (χ3v) is 4.81. The molecule has 2 aromatic rings. The highest BCUT2D eigenvalue weighted by Gasteiger charge is 2.10. The molecule has 9 heteroatoms. The monoisotopic (exact) mass is 435 g/mol. The van der Waals surface area contributed by atoms with Crippen LogP contribution < -0.4 is 15.6 Å². The van der Waals surface area contributed by atoms with E-state index in [-0.39, 0.29) is 19.4 Å². The fourth-order valence-electron chi connectivity index (χ4n) is 2.44. The molecule has 5 N–H and O–H groups in total. The number of benzene rings is 2. The van der Waals surface area contributed by atoms with Gasteiger partial charge in [0.05, 0.1) is 22.7 Å². The lowest BCUT2D eigenvalue weighted by atomic mass is 10.1. The van der Waals surface area contributed by atoms with Crippen molar-refractivity contribution in [1.29, 1.82) is 0 Å². The molecule has 0 aliphatic heterocycles. The number of rotatable bonds is 10. The lowest BCUT2D eigenvalue weighted by Crippen LogP contribution is -2.09. The molecule has 154 valence electrons. The molecule has 0 fully saturated rings. The van der Waals surface area contributed by atoms with Gasteiger partial charge in [-0.3, -0.25) is 9.93 Å². The maximum absolute atomic E-state index is 10.8. The normalized spacial score (nSPS) is 12.3. The van der Waals surface area contributed by atoms with Crippen molar-refractivity contribution in [2.45, 2.75) is 12.8 Å². The van der Waals surface area contributed by atoms with Crippen LogP contribution in [0.5, 0.6) is 5.75 Å². The van der Waals surface area contributed by atoms with Crippen LogP contribution in [0.4, 0.5) is 0 Å². The molecule has 0 amide bonds. The first-order valence-corrected chi connectivity index (χ1v) is 9.86. The maximum atomic E-state index is 10.8. The number of nitrogens with zero attached hydrogens (tertiary/aromatic N) is 1. The minimum absolute atomic E-state index is 0.0354. The number of oxime groups is 1. The third-order valence-electron chi connectivity index (χ3n) is 3.93. The zero-order valence-corrected chi connectivity index (χ0v) is 17.4. The molecule has 2 aromatic carbocycles. The molecule has 0 bridgehead atoms. The first-order chi connectivity index (χ1) is 13.9. The second-order valence-electron chi connectivity index (χ2n) is 5.89. The van der Waals surface area contributed by atoms with Crippen LogP contribution in [0.25, 0.3) is 5.70 Å². The van der Waals surface area contributed by atoms with Gasteiger partial charge in [0.1, 0.15) is 19.5 Å². The number of carboxylic acid groups (broad SMARTS) is 1. The Bertz CT molecular complexity index is 884. The van der Waals surface area contributed by atoms with Gasteiger partial charge in [0, 0.05) is 11.4 Å². The molecule has 0 aliphatic rings. The van der Waals surface area contributed by atoms with E-state index in [0.717, 1.165) is 23.1 Å². The molecular weight excluding hydrogens is 414 g/mol. The maximum Gasteiger partial charge on any atom is 0.303 e. The van der Waals surface area contributed by atoms with Crippen LogP contribution in [-0.2, 0) is 9.63 Å². The molecule has 2 rings (SSSR count). The van der Waals surface area contributed by atoms with Crippen LogP contribution in [0.15, 0.2) is 58.6 Å². The predicted molar refractivity (Wildman–Crippen MR) is 117 cm³/mol. The van der Waals surface area contributed by atoms with Crippen LogP contribution >= 0.6 is 23.5 Å². The number of ether oxygens (including phenoxy) is 1. The Balaban J connectivity index is 2.08. The Kier molecular flexibility index (Phi) is 8.85. The molecule has 0 heterocycles. The minimum Gasteiger partial charge on any atom is -0.488 e. The summed E-state index contributed by atoms with van der Waals surface area (Å²) in [6.45, 7) is 0.201. The van der Waals surface area contributed by atoms with Crippen molar-refractivity contribution in [2.75, 3.05) is 13.7 Å². The largest absolute Gasteiger partial charge is 0.488 e. The Morgan fingerprint density at radius 2 is 1.72 bits per heavy atom. The zero-order valence-electron chi connectivity index (χ0n) is 15.8. The predicted octanol–water partition coefficient (Wildman–Crippen LogP) is 3.87. The van der Waals surface area contributed by atoms with E-state index in [9.17, 15) is 4.79 Å². The van der Waals surface area contributed by atoms with Crippen LogP contribution in [0.2, 0.25) is 5.02 Å². The van der Waals surface area contributed by atoms with Gasteiger partial charge in [0.2, 0.25) is 0 Å². The second-order valence-corrected chi connectivity index (χ2v) is 7.05. The van der Waals surface area contributed by atoms with Gasteiger partial charge in [0.15, 0.2) is 0 Å². The van der Waals surface area contributed by atoms with Gasteiger partial charge in [-0.05, 0) is 59.5 Å². The highest BCUT2D eigenvalue weighted by atomic mass is 35.5. The summed E-state index contributed by atoms with van der Waals surface area (Å²) in [5.74, 6) is -0.287. The Labute approximate surface area is 178 Å². The molecule has 7 nitrogen and oxygen atoms in total. The topological polar surface area (TPSA) is 120 Å². The van der Waals surface area contributed by atoms with E-state index in [1.165, 1.54) is 7.11 Å². The number of carboxylic acids is 1. The standard InChI is InChI=1S/C20H22ClN3O4S/c1-27-24-17(10-11-19(25)26)13-4-8-16(9-5-13)28-12-18(29-23)20(22)14-2-6-15(21)7-3-14/h2-9H,10-12,22-23H2,1H3,(H,25,26)/b20-18-,24-17-. The Morgan fingerprint density at radius 3 is 2.28 bits per heavy atom. The second kappa shape index (κ2) is 11.4. The fraction of sp³-hybridized carbons (Fsp3) is 0.200. The van der Waals surface area contributed by atoms with Gasteiger partial charge < -0.3 is 20.4 Å². The average Bonchev–Trinajstić information content (AvgIpc) is 2.72. The Hall–Kier alpha value is -2.68. The molecule has 29 heavy (non-hydrogen) atoms. The number of hydrogen-bond donors (Lipinski definition) is 3. The molecule has 0 saturated carbocycles. The summed E-state index contributed by atoms with van der Waals surface area (Å²) in [6, 6.07) is 14.2. The van der Waals surface area contributed by atoms with Crippen molar-refractivity contribution in [3.63, 3.8) is 0 Å². The van der Waals surface area contributed by atoms with E-state index >= 15 is 0 Å². The van der Waals surface area contributed by atoms with Crippen molar-refractivity contribution in [3.8, 4) is 5.75 Å². The average molecular weight is 436 g/mol. The molecule has 0 radical (unpaired) electrons. The molecule has 0 spiro atoms. The Morgan fingerprint density at radius 1 is 1.10 bits per heavy atom. The van der Waals surface area contributed by atoms with E-state index in [1.807, 2.05) is 12.1 Å². The smallest absolute Gasteiger partial charge is 0.303 e. The number of aliphatic carboxylic acids is 1.